The molecule has 1 saturated heterocycles. The van der Waals surface area contributed by atoms with Crippen molar-refractivity contribution in [3.8, 4) is 0 Å². The van der Waals surface area contributed by atoms with Crippen LogP contribution < -0.4 is 10.6 Å². The minimum atomic E-state index is -3.26. The van der Waals surface area contributed by atoms with E-state index in [0.29, 0.717) is 24.2 Å². The number of H-pyrrole nitrogens is 1. The summed E-state index contributed by atoms with van der Waals surface area (Å²) in [7, 11) is -3.26. The number of nitrogens with two attached hydrogens (primary N) is 1. The zero-order chi connectivity index (χ0) is 15.0. The van der Waals surface area contributed by atoms with E-state index in [0.717, 1.165) is 25.9 Å². The maximum absolute atomic E-state index is 11.8. The maximum Gasteiger partial charge on any atom is 0.244 e. The van der Waals surface area contributed by atoms with Gasteiger partial charge in [-0.2, -0.15) is 4.98 Å². The van der Waals surface area contributed by atoms with Crippen molar-refractivity contribution in [3.63, 3.8) is 0 Å². The van der Waals surface area contributed by atoms with E-state index < -0.39 is 14.6 Å². The van der Waals surface area contributed by atoms with Crippen molar-refractivity contribution < 1.29 is 8.42 Å². The Labute approximate surface area is 119 Å². The molecule has 3 N–H and O–H groups in total. The van der Waals surface area contributed by atoms with Gasteiger partial charge in [0.05, 0.1) is 0 Å². The van der Waals surface area contributed by atoms with Crippen LogP contribution in [0.3, 0.4) is 0 Å². The van der Waals surface area contributed by atoms with Crippen LogP contribution in [0.1, 0.15) is 32.5 Å². The van der Waals surface area contributed by atoms with Gasteiger partial charge in [0, 0.05) is 19.3 Å². The number of aromatic nitrogens is 3. The zero-order valence-electron chi connectivity index (χ0n) is 12.3. The van der Waals surface area contributed by atoms with Gasteiger partial charge in [-0.25, -0.2) is 8.42 Å². The Morgan fingerprint density at radius 2 is 2.20 bits per heavy atom. The third-order valence-corrected chi connectivity index (χ3v) is 6.15. The highest BCUT2D eigenvalue weighted by atomic mass is 32.2. The molecule has 1 aromatic heterocycles. The molecule has 0 spiro atoms. The van der Waals surface area contributed by atoms with Crippen LogP contribution in [0, 0.1) is 5.92 Å². The van der Waals surface area contributed by atoms with Gasteiger partial charge in [0.1, 0.15) is 10.6 Å². The van der Waals surface area contributed by atoms with Gasteiger partial charge in [-0.3, -0.25) is 5.10 Å². The molecule has 8 heteroatoms. The van der Waals surface area contributed by atoms with Crippen molar-refractivity contribution in [1.82, 2.24) is 15.2 Å². The second-order valence-corrected chi connectivity index (χ2v) is 8.52. The lowest BCUT2D eigenvalue weighted by atomic mass is 9.99. The molecule has 2 rings (SSSR count). The van der Waals surface area contributed by atoms with Crippen molar-refractivity contribution >= 4 is 15.8 Å². The number of hydrogen-bond acceptors (Lipinski definition) is 6. The molecule has 0 saturated carbocycles. The van der Waals surface area contributed by atoms with Crippen LogP contribution in [-0.4, -0.2) is 49.5 Å². The van der Waals surface area contributed by atoms with E-state index >= 15 is 0 Å². The van der Waals surface area contributed by atoms with Gasteiger partial charge >= 0.3 is 0 Å². The number of anilines is 1. The number of piperidine rings is 1. The molecule has 1 aromatic rings. The number of hydrogen-bond donors (Lipinski definition) is 2. The average molecular weight is 301 g/mol. The predicted octanol–water partition coefficient (Wildman–Crippen LogP) is 0.260. The summed E-state index contributed by atoms with van der Waals surface area (Å²) in [5.41, 5.74) is 5.72. The Kier molecular flexibility index (Phi) is 4.06. The van der Waals surface area contributed by atoms with Gasteiger partial charge in [-0.15, -0.1) is 5.10 Å². The lowest BCUT2D eigenvalue weighted by molar-refractivity contribution is 0.419. The molecule has 0 aliphatic carbocycles. The smallest absolute Gasteiger partial charge is 0.244 e. The number of sulfone groups is 1. The van der Waals surface area contributed by atoms with Gasteiger partial charge in [-0.05, 0) is 39.2 Å². The van der Waals surface area contributed by atoms with Crippen molar-refractivity contribution in [2.45, 2.75) is 31.4 Å². The molecule has 0 aromatic carbocycles. The summed E-state index contributed by atoms with van der Waals surface area (Å²) in [4.78, 5) is 6.45. The fourth-order valence-electron chi connectivity index (χ4n) is 2.28. The fraction of sp³-hybridized carbons (Fsp3) is 0.833. The normalized spacial score (nSPS) is 21.2. The summed E-state index contributed by atoms with van der Waals surface area (Å²) in [5, 5.41) is 6.94. The van der Waals surface area contributed by atoms with Gasteiger partial charge < -0.3 is 10.6 Å². The average Bonchev–Trinajstić information content (AvgIpc) is 2.87. The molecular weight excluding hydrogens is 278 g/mol. The van der Waals surface area contributed by atoms with Crippen molar-refractivity contribution in [2.24, 2.45) is 11.7 Å². The number of nitrogens with zero attached hydrogens (tertiary/aromatic N) is 3. The lowest BCUT2D eigenvalue weighted by Gasteiger charge is -2.31. The summed E-state index contributed by atoms with van der Waals surface area (Å²) in [5.74, 6) is 1.40. The fourth-order valence-corrected chi connectivity index (χ4v) is 2.72. The van der Waals surface area contributed by atoms with Crippen LogP contribution in [0.5, 0.6) is 0 Å². The van der Waals surface area contributed by atoms with E-state index in [2.05, 4.69) is 20.1 Å². The second-order valence-electron chi connectivity index (χ2n) is 5.96. The molecule has 0 bridgehead atoms. The van der Waals surface area contributed by atoms with Crippen LogP contribution >= 0.6 is 0 Å². The first kappa shape index (κ1) is 15.2. The van der Waals surface area contributed by atoms with Gasteiger partial charge in [0.25, 0.3) is 0 Å². The van der Waals surface area contributed by atoms with Crippen LogP contribution in [0.4, 0.5) is 5.95 Å². The minimum absolute atomic E-state index is 0.380. The van der Waals surface area contributed by atoms with E-state index in [-0.39, 0.29) is 0 Å². The van der Waals surface area contributed by atoms with Crippen molar-refractivity contribution in [2.75, 3.05) is 30.8 Å². The van der Waals surface area contributed by atoms with Gasteiger partial charge in [0.2, 0.25) is 5.95 Å². The first-order chi connectivity index (χ1) is 9.25. The summed E-state index contributed by atoms with van der Waals surface area (Å²) in [6.07, 6.45) is 3.39. The Morgan fingerprint density at radius 1 is 1.50 bits per heavy atom. The van der Waals surface area contributed by atoms with Crippen molar-refractivity contribution in [1.29, 1.82) is 0 Å². The van der Waals surface area contributed by atoms with E-state index in [1.54, 1.807) is 13.8 Å². The predicted molar refractivity (Wildman–Crippen MR) is 78.2 cm³/mol. The summed E-state index contributed by atoms with van der Waals surface area (Å²) >= 11 is 0. The Morgan fingerprint density at radius 3 is 2.80 bits per heavy atom. The molecule has 1 aliphatic heterocycles. The van der Waals surface area contributed by atoms with Gasteiger partial charge in [-0.1, -0.05) is 0 Å². The topological polar surface area (TPSA) is 105 Å². The molecule has 7 nitrogen and oxygen atoms in total. The first-order valence-corrected chi connectivity index (χ1v) is 8.72. The largest absolute Gasteiger partial charge is 0.339 e. The highest BCUT2D eigenvalue weighted by Crippen LogP contribution is 2.28. The Balaban J connectivity index is 2.21. The van der Waals surface area contributed by atoms with E-state index in [9.17, 15) is 8.42 Å². The molecule has 1 fully saturated rings. The third-order valence-electron chi connectivity index (χ3n) is 4.11. The molecule has 2 heterocycles. The third kappa shape index (κ3) is 2.80. The first-order valence-electron chi connectivity index (χ1n) is 6.83. The highest BCUT2D eigenvalue weighted by Gasteiger charge is 2.36. The highest BCUT2D eigenvalue weighted by molar-refractivity contribution is 7.91. The quantitative estimate of drug-likeness (QED) is 0.826. The van der Waals surface area contributed by atoms with E-state index in [1.165, 1.54) is 6.26 Å². The van der Waals surface area contributed by atoms with Crippen LogP contribution in [0.15, 0.2) is 0 Å². The zero-order valence-corrected chi connectivity index (χ0v) is 13.1. The van der Waals surface area contributed by atoms with Crippen LogP contribution in [-0.2, 0) is 14.6 Å². The van der Waals surface area contributed by atoms with Gasteiger partial charge in [0.15, 0.2) is 9.84 Å². The standard InChI is InChI=1S/C12H23N5O2S/c1-12(2,20(3,18)19)10-14-11(16-15-10)17-6-4-5-9(7-13)8-17/h9H,4-8,13H2,1-3H3,(H,14,15,16). The molecule has 0 radical (unpaired) electrons. The number of aromatic amines is 1. The summed E-state index contributed by atoms with van der Waals surface area (Å²) in [6, 6.07) is 0. The molecule has 20 heavy (non-hydrogen) atoms. The second kappa shape index (κ2) is 5.33. The van der Waals surface area contributed by atoms with Crippen LogP contribution in [0.25, 0.3) is 0 Å². The molecular formula is C12H23N5O2S. The lowest BCUT2D eigenvalue weighted by Crippen LogP contribution is -2.39. The molecule has 1 aliphatic rings. The minimum Gasteiger partial charge on any atom is -0.339 e. The van der Waals surface area contributed by atoms with E-state index in [1.807, 2.05) is 0 Å². The number of rotatable bonds is 4. The number of nitrogens with one attached hydrogen (secondary N) is 1. The molecule has 114 valence electrons. The van der Waals surface area contributed by atoms with Crippen molar-refractivity contribution in [3.05, 3.63) is 5.82 Å². The Bertz CT molecular complexity index is 566. The monoisotopic (exact) mass is 301 g/mol. The summed E-state index contributed by atoms with van der Waals surface area (Å²) < 4.78 is 22.6. The summed E-state index contributed by atoms with van der Waals surface area (Å²) in [6.45, 7) is 5.62. The SMILES string of the molecule is CC(C)(c1nc(N2CCCC(CN)C2)n[nH]1)S(C)(=O)=O. The van der Waals surface area contributed by atoms with E-state index in [4.69, 9.17) is 5.73 Å². The maximum atomic E-state index is 11.8. The molecule has 0 amide bonds. The van der Waals surface area contributed by atoms with Crippen LogP contribution in [0.2, 0.25) is 0 Å². The Hall–Kier alpha value is -1.15. The molecule has 1 unspecified atom stereocenters. The molecule has 1 atom stereocenters.